The van der Waals surface area contributed by atoms with Crippen molar-refractivity contribution < 1.29 is 4.79 Å². The molecule has 2 saturated carbocycles. The summed E-state index contributed by atoms with van der Waals surface area (Å²) in [5.41, 5.74) is 1.21. The van der Waals surface area contributed by atoms with Crippen LogP contribution in [0.25, 0.3) is 10.2 Å². The third-order valence-corrected chi connectivity index (χ3v) is 7.61. The molecule has 27 heavy (non-hydrogen) atoms. The van der Waals surface area contributed by atoms with Crippen LogP contribution in [0.15, 0.2) is 4.79 Å². The number of aryl methyl sites for hydroxylation is 2. The van der Waals surface area contributed by atoms with Crippen molar-refractivity contribution in [2.24, 2.45) is 5.92 Å². The van der Waals surface area contributed by atoms with Crippen molar-refractivity contribution in [1.29, 1.82) is 0 Å². The highest BCUT2D eigenvalue weighted by atomic mass is 32.1. The van der Waals surface area contributed by atoms with E-state index >= 15 is 0 Å². The molecule has 5 rings (SSSR count). The first kappa shape index (κ1) is 17.4. The van der Waals surface area contributed by atoms with Crippen molar-refractivity contribution in [3.05, 3.63) is 26.6 Å². The van der Waals surface area contributed by atoms with Crippen LogP contribution in [0.2, 0.25) is 0 Å². The first-order chi connectivity index (χ1) is 13.2. The highest BCUT2D eigenvalue weighted by Crippen LogP contribution is 2.35. The molecule has 0 bridgehead atoms. The van der Waals surface area contributed by atoms with Gasteiger partial charge in [-0.1, -0.05) is 19.3 Å². The van der Waals surface area contributed by atoms with Crippen LogP contribution in [0, 0.1) is 5.92 Å². The maximum absolute atomic E-state index is 12.9. The summed E-state index contributed by atoms with van der Waals surface area (Å²) in [5.74, 6) is 1.14. The van der Waals surface area contributed by atoms with Crippen LogP contribution in [-0.2, 0) is 24.2 Å². The van der Waals surface area contributed by atoms with Gasteiger partial charge in [0.15, 0.2) is 0 Å². The Hall–Kier alpha value is -1.69. The standard InChI is InChI=1S/C21H27N3O2S/c25-19-18-15-8-4-5-9-16(15)27-20(18)23-17(22-19)12-24(21(26)13-10-11-13)14-6-2-1-3-7-14/h13-14H,1-12H2,(H,22,23,25). The lowest BCUT2D eigenvalue weighted by Crippen LogP contribution is -2.42. The fourth-order valence-electron chi connectivity index (χ4n) is 4.79. The summed E-state index contributed by atoms with van der Waals surface area (Å²) in [6, 6.07) is 0.310. The minimum Gasteiger partial charge on any atom is -0.332 e. The SMILES string of the molecule is O=C(C1CC1)N(Cc1nc2sc3c(c2c(=O)[nH]1)CCCC3)C1CCCCC1. The minimum atomic E-state index is -0.0168. The maximum Gasteiger partial charge on any atom is 0.259 e. The topological polar surface area (TPSA) is 66.1 Å². The Morgan fingerprint density at radius 3 is 2.63 bits per heavy atom. The molecule has 0 unspecified atom stereocenters. The number of aromatic amines is 1. The second-order valence-corrected chi connectivity index (χ2v) is 9.52. The summed E-state index contributed by atoms with van der Waals surface area (Å²) in [6.07, 6.45) is 12.3. The highest BCUT2D eigenvalue weighted by Gasteiger charge is 2.37. The number of H-pyrrole nitrogens is 1. The molecule has 0 saturated heterocycles. The van der Waals surface area contributed by atoms with E-state index in [1.54, 1.807) is 11.3 Å². The lowest BCUT2D eigenvalue weighted by atomic mass is 9.94. The van der Waals surface area contributed by atoms with Gasteiger partial charge in [-0.3, -0.25) is 9.59 Å². The summed E-state index contributed by atoms with van der Waals surface area (Å²) < 4.78 is 0. The van der Waals surface area contributed by atoms with E-state index in [2.05, 4.69) is 4.98 Å². The summed E-state index contributed by atoms with van der Waals surface area (Å²) in [7, 11) is 0. The molecule has 2 aromatic rings. The fraction of sp³-hybridized carbons (Fsp3) is 0.667. The zero-order valence-corrected chi connectivity index (χ0v) is 16.6. The van der Waals surface area contributed by atoms with Gasteiger partial charge in [0.05, 0.1) is 11.9 Å². The third kappa shape index (κ3) is 3.33. The molecular weight excluding hydrogens is 358 g/mol. The Bertz CT molecular complexity index is 921. The van der Waals surface area contributed by atoms with Crippen molar-refractivity contribution in [2.75, 3.05) is 0 Å². The summed E-state index contributed by atoms with van der Waals surface area (Å²) >= 11 is 1.68. The molecule has 2 aromatic heterocycles. The molecule has 0 aliphatic heterocycles. The van der Waals surface area contributed by atoms with Gasteiger partial charge in [0.1, 0.15) is 10.7 Å². The summed E-state index contributed by atoms with van der Waals surface area (Å²) in [5, 5.41) is 0.802. The monoisotopic (exact) mass is 385 g/mol. The Morgan fingerprint density at radius 2 is 1.85 bits per heavy atom. The van der Waals surface area contributed by atoms with E-state index in [9.17, 15) is 9.59 Å². The van der Waals surface area contributed by atoms with Gasteiger partial charge < -0.3 is 9.88 Å². The van der Waals surface area contributed by atoms with Gasteiger partial charge in [0.2, 0.25) is 5.91 Å². The lowest BCUT2D eigenvalue weighted by Gasteiger charge is -2.34. The predicted octanol–water partition coefficient (Wildman–Crippen LogP) is 3.93. The van der Waals surface area contributed by atoms with Gasteiger partial charge in [0.25, 0.3) is 5.56 Å². The molecule has 1 N–H and O–H groups in total. The van der Waals surface area contributed by atoms with Crippen molar-refractivity contribution >= 4 is 27.5 Å². The minimum absolute atomic E-state index is 0.0168. The third-order valence-electron chi connectivity index (χ3n) is 6.42. The number of carbonyl (C=O) groups is 1. The Morgan fingerprint density at radius 1 is 1.07 bits per heavy atom. The molecule has 5 nitrogen and oxygen atoms in total. The van der Waals surface area contributed by atoms with Crippen molar-refractivity contribution in [2.45, 2.75) is 83.2 Å². The number of hydrogen-bond donors (Lipinski definition) is 1. The molecule has 2 fully saturated rings. The average Bonchev–Trinajstić information content (AvgIpc) is 3.46. The molecule has 0 radical (unpaired) electrons. The van der Waals surface area contributed by atoms with E-state index in [0.29, 0.717) is 18.4 Å². The van der Waals surface area contributed by atoms with Gasteiger partial charge in [-0.25, -0.2) is 4.98 Å². The van der Waals surface area contributed by atoms with Crippen LogP contribution in [0.3, 0.4) is 0 Å². The van der Waals surface area contributed by atoms with Crippen LogP contribution in [-0.4, -0.2) is 26.8 Å². The molecule has 3 aliphatic rings. The van der Waals surface area contributed by atoms with Gasteiger partial charge in [-0.05, 0) is 56.9 Å². The summed E-state index contributed by atoms with van der Waals surface area (Å²) in [6.45, 7) is 0.452. The second-order valence-electron chi connectivity index (χ2n) is 8.44. The Labute approximate surface area is 163 Å². The summed E-state index contributed by atoms with van der Waals surface area (Å²) in [4.78, 5) is 37.8. The number of nitrogens with zero attached hydrogens (tertiary/aromatic N) is 2. The van der Waals surface area contributed by atoms with E-state index < -0.39 is 0 Å². The van der Waals surface area contributed by atoms with Crippen LogP contribution in [0.4, 0.5) is 0 Å². The first-order valence-corrected chi connectivity index (χ1v) is 11.4. The van der Waals surface area contributed by atoms with Crippen LogP contribution < -0.4 is 5.56 Å². The quantitative estimate of drug-likeness (QED) is 0.867. The number of carbonyl (C=O) groups excluding carboxylic acids is 1. The van der Waals surface area contributed by atoms with Gasteiger partial charge in [-0.2, -0.15) is 0 Å². The largest absolute Gasteiger partial charge is 0.332 e. The number of amides is 1. The first-order valence-electron chi connectivity index (χ1n) is 10.5. The average molecular weight is 386 g/mol. The molecule has 2 heterocycles. The Balaban J connectivity index is 1.47. The second kappa shape index (κ2) is 7.04. The predicted molar refractivity (Wildman–Crippen MR) is 107 cm³/mol. The van der Waals surface area contributed by atoms with E-state index in [1.807, 2.05) is 4.90 Å². The van der Waals surface area contributed by atoms with Gasteiger partial charge in [0, 0.05) is 16.8 Å². The van der Waals surface area contributed by atoms with E-state index in [4.69, 9.17) is 4.98 Å². The zero-order chi connectivity index (χ0) is 18.4. The van der Waals surface area contributed by atoms with E-state index in [1.165, 1.54) is 36.1 Å². The molecule has 6 heteroatoms. The lowest BCUT2D eigenvalue weighted by molar-refractivity contribution is -0.136. The molecule has 0 atom stereocenters. The number of thiophene rings is 1. The highest BCUT2D eigenvalue weighted by molar-refractivity contribution is 7.18. The van der Waals surface area contributed by atoms with Crippen LogP contribution >= 0.6 is 11.3 Å². The number of aromatic nitrogens is 2. The zero-order valence-electron chi connectivity index (χ0n) is 15.8. The fourth-order valence-corrected chi connectivity index (χ4v) is 6.07. The van der Waals surface area contributed by atoms with E-state index in [0.717, 1.165) is 55.2 Å². The number of rotatable bonds is 4. The number of nitrogens with one attached hydrogen (secondary N) is 1. The number of hydrogen-bond acceptors (Lipinski definition) is 4. The van der Waals surface area contributed by atoms with Crippen LogP contribution in [0.5, 0.6) is 0 Å². The van der Waals surface area contributed by atoms with Gasteiger partial charge in [-0.15, -0.1) is 11.3 Å². The molecule has 0 aromatic carbocycles. The van der Waals surface area contributed by atoms with Crippen LogP contribution in [0.1, 0.15) is 74.1 Å². The molecule has 3 aliphatic carbocycles. The van der Waals surface area contributed by atoms with Crippen molar-refractivity contribution in [1.82, 2.24) is 14.9 Å². The molecule has 144 valence electrons. The smallest absolute Gasteiger partial charge is 0.259 e. The van der Waals surface area contributed by atoms with Crippen molar-refractivity contribution in [3.8, 4) is 0 Å². The molecule has 1 amide bonds. The maximum atomic E-state index is 12.9. The molecular formula is C21H27N3O2S. The Kier molecular flexibility index (Phi) is 4.54. The molecule has 0 spiro atoms. The van der Waals surface area contributed by atoms with Crippen molar-refractivity contribution in [3.63, 3.8) is 0 Å². The van der Waals surface area contributed by atoms with Gasteiger partial charge >= 0.3 is 0 Å². The normalized spacial score (nSPS) is 20.6. The van der Waals surface area contributed by atoms with E-state index in [-0.39, 0.29) is 17.4 Å². The number of fused-ring (bicyclic) bond motifs is 3.